The third kappa shape index (κ3) is 2.62. The Hall–Kier alpha value is -0.900. The molecular weight excluding hydrogens is 160 g/mol. The van der Waals surface area contributed by atoms with Crippen molar-refractivity contribution in [2.75, 3.05) is 13.2 Å². The summed E-state index contributed by atoms with van der Waals surface area (Å²) in [6.45, 7) is 0.883. The fourth-order valence-corrected chi connectivity index (χ4v) is 1.24. The van der Waals surface area contributed by atoms with Crippen molar-refractivity contribution in [2.45, 2.75) is 19.3 Å². The molecular formula is C8H12O4. The first-order valence-electron chi connectivity index (χ1n) is 4.02. The van der Waals surface area contributed by atoms with Crippen LogP contribution in [0.2, 0.25) is 0 Å². The zero-order chi connectivity index (χ0) is 8.97. The van der Waals surface area contributed by atoms with E-state index in [0.717, 1.165) is 0 Å². The van der Waals surface area contributed by atoms with Gasteiger partial charge in [0.15, 0.2) is 0 Å². The van der Waals surface area contributed by atoms with Crippen LogP contribution >= 0.6 is 0 Å². The molecule has 0 radical (unpaired) electrons. The van der Waals surface area contributed by atoms with Gasteiger partial charge in [-0.2, -0.15) is 0 Å². The lowest BCUT2D eigenvalue weighted by molar-refractivity contribution is -0.138. The molecule has 1 saturated heterocycles. The van der Waals surface area contributed by atoms with Gasteiger partial charge in [0, 0.05) is 18.8 Å². The Morgan fingerprint density at radius 3 is 3.00 bits per heavy atom. The number of hydrogen-bond donors (Lipinski definition) is 1. The molecule has 0 amide bonds. The predicted molar refractivity (Wildman–Crippen MR) is 40.8 cm³/mol. The summed E-state index contributed by atoms with van der Waals surface area (Å²) >= 11 is 0. The van der Waals surface area contributed by atoms with Crippen LogP contribution in [-0.4, -0.2) is 30.1 Å². The number of carbonyl (C=O) groups is 2. The van der Waals surface area contributed by atoms with E-state index in [2.05, 4.69) is 0 Å². The standard InChI is InChI=1S/C8H12O4/c9-7-3-4-12-5-6(7)1-2-8(10)11/h6H,1-5H2,(H,10,11). The lowest BCUT2D eigenvalue weighted by atomic mass is 9.95. The van der Waals surface area contributed by atoms with Crippen molar-refractivity contribution < 1.29 is 19.4 Å². The fourth-order valence-electron chi connectivity index (χ4n) is 1.24. The summed E-state index contributed by atoms with van der Waals surface area (Å²) < 4.78 is 5.07. The molecule has 1 atom stereocenters. The number of carboxylic acid groups (broad SMARTS) is 1. The average Bonchev–Trinajstić information content (AvgIpc) is 2.03. The Labute approximate surface area is 70.5 Å². The number of ketones is 1. The minimum absolute atomic E-state index is 0.0553. The van der Waals surface area contributed by atoms with Crippen LogP contribution in [0.25, 0.3) is 0 Å². The number of rotatable bonds is 3. The van der Waals surface area contributed by atoms with Crippen molar-refractivity contribution in [3.63, 3.8) is 0 Å². The normalized spacial score (nSPS) is 24.0. The number of aliphatic carboxylic acids is 1. The first kappa shape index (κ1) is 9.19. The summed E-state index contributed by atoms with van der Waals surface area (Å²) in [5, 5.41) is 8.38. The summed E-state index contributed by atoms with van der Waals surface area (Å²) in [5.74, 6) is -0.897. The van der Waals surface area contributed by atoms with Crippen molar-refractivity contribution in [3.8, 4) is 0 Å². The Kier molecular flexibility index (Phi) is 3.22. The van der Waals surface area contributed by atoms with Crippen molar-refractivity contribution in [1.82, 2.24) is 0 Å². The van der Waals surface area contributed by atoms with Gasteiger partial charge in [0.2, 0.25) is 0 Å². The summed E-state index contributed by atoms with van der Waals surface area (Å²) in [7, 11) is 0. The molecule has 4 nitrogen and oxygen atoms in total. The second-order valence-electron chi connectivity index (χ2n) is 2.92. The molecule has 1 N–H and O–H groups in total. The fraction of sp³-hybridized carbons (Fsp3) is 0.750. The van der Waals surface area contributed by atoms with Crippen LogP contribution in [-0.2, 0) is 14.3 Å². The maximum Gasteiger partial charge on any atom is 0.303 e. The van der Waals surface area contributed by atoms with Gasteiger partial charge in [0.05, 0.1) is 13.2 Å². The second-order valence-corrected chi connectivity index (χ2v) is 2.92. The summed E-state index contributed by atoms with van der Waals surface area (Å²) in [6.07, 6.45) is 0.901. The van der Waals surface area contributed by atoms with Crippen LogP contribution in [0, 0.1) is 5.92 Å². The van der Waals surface area contributed by atoms with E-state index in [1.807, 2.05) is 0 Å². The minimum atomic E-state index is -0.853. The molecule has 1 heterocycles. The second kappa shape index (κ2) is 4.21. The molecule has 0 bridgehead atoms. The highest BCUT2D eigenvalue weighted by Crippen LogP contribution is 2.15. The molecule has 0 saturated carbocycles. The van der Waals surface area contributed by atoms with Crippen LogP contribution in [0.3, 0.4) is 0 Å². The quantitative estimate of drug-likeness (QED) is 0.671. The van der Waals surface area contributed by atoms with Gasteiger partial charge in [-0.05, 0) is 6.42 Å². The summed E-state index contributed by atoms with van der Waals surface area (Å²) in [6, 6.07) is 0. The summed E-state index contributed by atoms with van der Waals surface area (Å²) in [5.41, 5.74) is 0. The third-order valence-electron chi connectivity index (χ3n) is 1.97. The van der Waals surface area contributed by atoms with Crippen molar-refractivity contribution in [3.05, 3.63) is 0 Å². The largest absolute Gasteiger partial charge is 0.481 e. The van der Waals surface area contributed by atoms with Gasteiger partial charge in [0.1, 0.15) is 5.78 Å². The van der Waals surface area contributed by atoms with E-state index in [-0.39, 0.29) is 18.1 Å². The van der Waals surface area contributed by atoms with E-state index in [1.165, 1.54) is 0 Å². The highest BCUT2D eigenvalue weighted by atomic mass is 16.5. The SMILES string of the molecule is O=C(O)CCC1COCCC1=O. The topological polar surface area (TPSA) is 63.6 Å². The lowest BCUT2D eigenvalue weighted by Crippen LogP contribution is -2.27. The van der Waals surface area contributed by atoms with E-state index in [4.69, 9.17) is 9.84 Å². The van der Waals surface area contributed by atoms with E-state index >= 15 is 0 Å². The Balaban J connectivity index is 2.29. The molecule has 0 aliphatic carbocycles. The smallest absolute Gasteiger partial charge is 0.303 e. The van der Waals surface area contributed by atoms with Crippen LogP contribution < -0.4 is 0 Å². The molecule has 1 aliphatic rings. The maximum atomic E-state index is 11.1. The highest BCUT2D eigenvalue weighted by molar-refractivity contribution is 5.82. The molecule has 1 unspecified atom stereocenters. The monoisotopic (exact) mass is 172 g/mol. The van der Waals surface area contributed by atoms with E-state index < -0.39 is 5.97 Å². The van der Waals surface area contributed by atoms with Gasteiger partial charge in [-0.3, -0.25) is 9.59 Å². The first-order chi connectivity index (χ1) is 5.70. The van der Waals surface area contributed by atoms with Gasteiger partial charge >= 0.3 is 5.97 Å². The molecule has 0 aromatic carbocycles. The number of carbonyl (C=O) groups excluding carboxylic acids is 1. The number of ether oxygens (including phenoxy) is 1. The van der Waals surface area contributed by atoms with Crippen LogP contribution in [0.15, 0.2) is 0 Å². The summed E-state index contributed by atoms with van der Waals surface area (Å²) in [4.78, 5) is 21.3. The highest BCUT2D eigenvalue weighted by Gasteiger charge is 2.22. The molecule has 0 aromatic heterocycles. The van der Waals surface area contributed by atoms with Gasteiger partial charge < -0.3 is 9.84 Å². The maximum absolute atomic E-state index is 11.1. The molecule has 1 fully saturated rings. The Morgan fingerprint density at radius 1 is 1.67 bits per heavy atom. The van der Waals surface area contributed by atoms with Gasteiger partial charge in [-0.25, -0.2) is 0 Å². The minimum Gasteiger partial charge on any atom is -0.481 e. The molecule has 1 rings (SSSR count). The van der Waals surface area contributed by atoms with Gasteiger partial charge in [-0.1, -0.05) is 0 Å². The lowest BCUT2D eigenvalue weighted by Gasteiger charge is -2.19. The van der Waals surface area contributed by atoms with Crippen LogP contribution in [0.4, 0.5) is 0 Å². The van der Waals surface area contributed by atoms with Gasteiger partial charge in [-0.15, -0.1) is 0 Å². The molecule has 68 valence electrons. The molecule has 1 aliphatic heterocycles. The molecule has 0 aromatic rings. The van der Waals surface area contributed by atoms with E-state index in [0.29, 0.717) is 26.1 Å². The zero-order valence-corrected chi connectivity index (χ0v) is 6.78. The van der Waals surface area contributed by atoms with Gasteiger partial charge in [0.25, 0.3) is 0 Å². The number of hydrogen-bond acceptors (Lipinski definition) is 3. The van der Waals surface area contributed by atoms with E-state index in [9.17, 15) is 9.59 Å². The third-order valence-corrected chi connectivity index (χ3v) is 1.97. The first-order valence-corrected chi connectivity index (χ1v) is 4.02. The number of Topliss-reactive ketones (excluding diaryl/α,β-unsaturated/α-hetero) is 1. The van der Waals surface area contributed by atoms with Crippen molar-refractivity contribution in [1.29, 1.82) is 0 Å². The Bertz CT molecular complexity index is 187. The van der Waals surface area contributed by atoms with Crippen molar-refractivity contribution >= 4 is 11.8 Å². The Morgan fingerprint density at radius 2 is 2.42 bits per heavy atom. The van der Waals surface area contributed by atoms with E-state index in [1.54, 1.807) is 0 Å². The average molecular weight is 172 g/mol. The zero-order valence-electron chi connectivity index (χ0n) is 6.78. The van der Waals surface area contributed by atoms with Crippen LogP contribution in [0.5, 0.6) is 0 Å². The molecule has 0 spiro atoms. The predicted octanol–water partition coefficient (Wildman–Crippen LogP) is 0.457. The van der Waals surface area contributed by atoms with Crippen LogP contribution in [0.1, 0.15) is 19.3 Å². The van der Waals surface area contributed by atoms with Crippen molar-refractivity contribution in [2.24, 2.45) is 5.92 Å². The molecule has 12 heavy (non-hydrogen) atoms. The number of carboxylic acids is 1. The molecule has 4 heteroatoms.